The van der Waals surface area contributed by atoms with Crippen molar-refractivity contribution in [3.8, 4) is 5.69 Å². The largest absolute Gasteiger partial charge is 0.307 e. The maximum Gasteiger partial charge on any atom is 0.307 e. The first-order valence-corrected chi connectivity index (χ1v) is 6.17. The summed E-state index contributed by atoms with van der Waals surface area (Å²) >= 11 is 5.54. The predicted octanol–water partition coefficient (Wildman–Crippen LogP) is 2.63. The van der Waals surface area contributed by atoms with Crippen LogP contribution in [0.5, 0.6) is 0 Å². The van der Waals surface area contributed by atoms with E-state index in [9.17, 15) is 18.9 Å². The lowest BCUT2D eigenvalue weighted by molar-refractivity contribution is -0.387. The van der Waals surface area contributed by atoms with E-state index in [-0.39, 0.29) is 5.69 Å². The fourth-order valence-electron chi connectivity index (χ4n) is 1.62. The monoisotopic (exact) mass is 302 g/mol. The molecule has 0 saturated carbocycles. The van der Waals surface area contributed by atoms with E-state index in [1.54, 1.807) is 0 Å². The molecule has 0 amide bonds. The fraction of sp³-hybridized carbons (Fsp3) is 0.273. The van der Waals surface area contributed by atoms with Gasteiger partial charge >= 0.3 is 5.69 Å². The molecule has 0 fully saturated rings. The van der Waals surface area contributed by atoms with Crippen molar-refractivity contribution in [1.82, 2.24) is 15.0 Å². The van der Waals surface area contributed by atoms with Gasteiger partial charge in [-0.3, -0.25) is 10.1 Å². The Morgan fingerprint density at radius 1 is 1.35 bits per heavy atom. The van der Waals surface area contributed by atoms with E-state index in [2.05, 4.69) is 10.3 Å². The molecule has 6 nitrogen and oxygen atoms in total. The second-order valence-corrected chi connectivity index (χ2v) is 4.34. The maximum absolute atomic E-state index is 13.7. The third-order valence-electron chi connectivity index (χ3n) is 2.57. The van der Waals surface area contributed by atoms with Gasteiger partial charge in [-0.05, 0) is 12.8 Å². The van der Waals surface area contributed by atoms with Crippen LogP contribution < -0.4 is 0 Å². The number of hydrogen-bond donors (Lipinski definition) is 0. The number of nitrogens with zero attached hydrogens (tertiary/aromatic N) is 4. The number of benzene rings is 1. The Labute approximate surface area is 117 Å². The van der Waals surface area contributed by atoms with E-state index in [0.717, 1.165) is 10.7 Å². The van der Waals surface area contributed by atoms with E-state index >= 15 is 0 Å². The van der Waals surface area contributed by atoms with Crippen LogP contribution in [0, 0.1) is 21.7 Å². The summed E-state index contributed by atoms with van der Waals surface area (Å²) in [5.41, 5.74) is -0.487. The Morgan fingerprint density at radius 3 is 2.75 bits per heavy atom. The number of halogens is 3. The first kappa shape index (κ1) is 14.3. The predicted molar refractivity (Wildman–Crippen MR) is 67.0 cm³/mol. The first-order valence-electron chi connectivity index (χ1n) is 5.64. The lowest BCUT2D eigenvalue weighted by Crippen LogP contribution is -2.02. The van der Waals surface area contributed by atoms with E-state index in [1.807, 2.05) is 0 Å². The Kier molecular flexibility index (Phi) is 4.23. The summed E-state index contributed by atoms with van der Waals surface area (Å²) in [6.45, 7) is 0. The van der Waals surface area contributed by atoms with Crippen LogP contribution in [0.25, 0.3) is 5.69 Å². The molecule has 20 heavy (non-hydrogen) atoms. The molecule has 0 N–H and O–H groups in total. The Bertz CT molecular complexity index is 647. The van der Waals surface area contributed by atoms with Crippen molar-refractivity contribution in [2.24, 2.45) is 0 Å². The molecule has 0 bridgehead atoms. The minimum atomic E-state index is -1.24. The van der Waals surface area contributed by atoms with Crippen LogP contribution in [-0.4, -0.2) is 25.8 Å². The second-order valence-electron chi connectivity index (χ2n) is 3.96. The number of hydrogen-bond acceptors (Lipinski definition) is 4. The first-order chi connectivity index (χ1) is 9.52. The van der Waals surface area contributed by atoms with Crippen molar-refractivity contribution >= 4 is 17.3 Å². The van der Waals surface area contributed by atoms with Gasteiger partial charge in [0.25, 0.3) is 0 Å². The van der Waals surface area contributed by atoms with Gasteiger partial charge in [-0.1, -0.05) is 5.21 Å². The molecule has 0 radical (unpaired) electrons. The molecule has 0 spiro atoms. The van der Waals surface area contributed by atoms with Gasteiger partial charge in [0.1, 0.15) is 5.69 Å². The van der Waals surface area contributed by atoms with Gasteiger partial charge in [-0.25, -0.2) is 9.07 Å². The minimum Gasteiger partial charge on any atom is -0.258 e. The van der Waals surface area contributed by atoms with E-state index in [0.29, 0.717) is 30.5 Å². The molecule has 9 heteroatoms. The topological polar surface area (TPSA) is 73.8 Å². The number of alkyl halides is 1. The Balaban J connectivity index is 2.39. The molecule has 2 rings (SSSR count). The zero-order valence-corrected chi connectivity index (χ0v) is 10.8. The molecule has 0 atom stereocenters. The average Bonchev–Trinajstić information content (AvgIpc) is 2.84. The summed E-state index contributed by atoms with van der Waals surface area (Å²) in [6.07, 6.45) is 2.65. The molecular formula is C11H9ClF2N4O2. The standard InChI is InChI=1S/C11H9ClF2N4O2/c12-3-1-2-7-6-17(16-15-7)10-5-11(18(19)20)9(14)4-8(10)13/h4-6H,1-3H2. The van der Waals surface area contributed by atoms with Crippen molar-refractivity contribution in [3.63, 3.8) is 0 Å². The van der Waals surface area contributed by atoms with Gasteiger partial charge in [0.05, 0.1) is 16.8 Å². The number of nitro groups is 1. The summed E-state index contributed by atoms with van der Waals surface area (Å²) in [5, 5.41) is 18.1. The van der Waals surface area contributed by atoms with Crippen LogP contribution in [0.2, 0.25) is 0 Å². The van der Waals surface area contributed by atoms with Crippen molar-refractivity contribution < 1.29 is 13.7 Å². The summed E-state index contributed by atoms with van der Waals surface area (Å²) < 4.78 is 27.9. The van der Waals surface area contributed by atoms with Gasteiger partial charge in [0, 0.05) is 18.0 Å². The van der Waals surface area contributed by atoms with Crippen LogP contribution >= 0.6 is 11.6 Å². The van der Waals surface area contributed by atoms with Gasteiger partial charge in [0.15, 0.2) is 5.82 Å². The lowest BCUT2D eigenvalue weighted by atomic mass is 10.2. The average molecular weight is 303 g/mol. The zero-order chi connectivity index (χ0) is 14.7. The van der Waals surface area contributed by atoms with Gasteiger partial charge < -0.3 is 0 Å². The summed E-state index contributed by atoms with van der Waals surface area (Å²) in [5.74, 6) is -1.75. The molecule has 1 aromatic heterocycles. The van der Waals surface area contributed by atoms with Crippen molar-refractivity contribution in [1.29, 1.82) is 0 Å². The molecule has 0 aliphatic heterocycles. The van der Waals surface area contributed by atoms with Crippen LogP contribution in [-0.2, 0) is 6.42 Å². The fourth-order valence-corrected chi connectivity index (χ4v) is 1.75. The molecule has 0 unspecified atom stereocenters. The number of nitro benzene ring substituents is 1. The van der Waals surface area contributed by atoms with Crippen molar-refractivity contribution in [2.45, 2.75) is 12.8 Å². The van der Waals surface area contributed by atoms with Gasteiger partial charge in [-0.2, -0.15) is 4.39 Å². The third-order valence-corrected chi connectivity index (χ3v) is 2.83. The van der Waals surface area contributed by atoms with Gasteiger partial charge in [0.2, 0.25) is 5.82 Å². The number of aryl methyl sites for hydroxylation is 1. The number of aromatic nitrogens is 3. The normalized spacial score (nSPS) is 10.8. The van der Waals surface area contributed by atoms with Crippen LogP contribution in [0.1, 0.15) is 12.1 Å². The summed E-state index contributed by atoms with van der Waals surface area (Å²) in [6, 6.07) is 1.23. The van der Waals surface area contributed by atoms with E-state index < -0.39 is 22.2 Å². The number of rotatable bonds is 5. The SMILES string of the molecule is O=[N+]([O-])c1cc(-n2cc(CCCCl)nn2)c(F)cc1F. The quantitative estimate of drug-likeness (QED) is 0.483. The van der Waals surface area contributed by atoms with Crippen LogP contribution in [0.3, 0.4) is 0 Å². The summed E-state index contributed by atoms with van der Waals surface area (Å²) in [7, 11) is 0. The molecule has 106 valence electrons. The Morgan fingerprint density at radius 2 is 2.10 bits per heavy atom. The third kappa shape index (κ3) is 2.90. The molecule has 2 aromatic rings. The van der Waals surface area contributed by atoms with E-state index in [1.165, 1.54) is 6.20 Å². The molecule has 1 heterocycles. The summed E-state index contributed by atoms with van der Waals surface area (Å²) in [4.78, 5) is 9.72. The highest BCUT2D eigenvalue weighted by Crippen LogP contribution is 2.23. The molecule has 1 aromatic carbocycles. The molecule has 0 saturated heterocycles. The van der Waals surface area contributed by atoms with Crippen LogP contribution in [0.4, 0.5) is 14.5 Å². The highest BCUT2D eigenvalue weighted by Gasteiger charge is 2.20. The van der Waals surface area contributed by atoms with E-state index in [4.69, 9.17) is 11.6 Å². The molecule has 0 aliphatic carbocycles. The van der Waals surface area contributed by atoms with Crippen molar-refractivity contribution in [2.75, 3.05) is 5.88 Å². The smallest absolute Gasteiger partial charge is 0.258 e. The minimum absolute atomic E-state index is 0.234. The molecular weight excluding hydrogens is 294 g/mol. The molecule has 0 aliphatic rings. The van der Waals surface area contributed by atoms with Crippen molar-refractivity contribution in [3.05, 3.63) is 45.8 Å². The van der Waals surface area contributed by atoms with Gasteiger partial charge in [-0.15, -0.1) is 16.7 Å². The zero-order valence-electron chi connectivity index (χ0n) is 10.1. The maximum atomic E-state index is 13.7. The second kappa shape index (κ2) is 5.91. The highest BCUT2D eigenvalue weighted by atomic mass is 35.5. The Hall–Kier alpha value is -2.09. The van der Waals surface area contributed by atoms with Crippen LogP contribution in [0.15, 0.2) is 18.3 Å². The highest BCUT2D eigenvalue weighted by molar-refractivity contribution is 6.17. The lowest BCUT2D eigenvalue weighted by Gasteiger charge is -2.02.